The summed E-state index contributed by atoms with van der Waals surface area (Å²) in [5, 5.41) is 3.55. The normalized spacial score (nSPS) is 10.8. The molecule has 0 bridgehead atoms. The van der Waals surface area contributed by atoms with Crippen molar-refractivity contribution in [1.82, 2.24) is 9.97 Å². The van der Waals surface area contributed by atoms with Crippen LogP contribution in [0.15, 0.2) is 29.4 Å². The van der Waals surface area contributed by atoms with Crippen LogP contribution in [0.1, 0.15) is 48.4 Å². The van der Waals surface area contributed by atoms with E-state index in [4.69, 9.17) is 4.74 Å². The van der Waals surface area contributed by atoms with Crippen LogP contribution in [0.2, 0.25) is 0 Å². The number of hydrogen-bond donors (Lipinski definition) is 2. The van der Waals surface area contributed by atoms with Gasteiger partial charge in [0.05, 0.1) is 23.6 Å². The Morgan fingerprint density at radius 3 is 2.52 bits per heavy atom. The molecule has 0 atom stereocenters. The van der Waals surface area contributed by atoms with Crippen LogP contribution in [0.25, 0.3) is 0 Å². The van der Waals surface area contributed by atoms with Gasteiger partial charge >= 0.3 is 5.97 Å². The number of aromatic amines is 1. The van der Waals surface area contributed by atoms with Crippen molar-refractivity contribution in [3.8, 4) is 0 Å². The number of hydrogen-bond acceptors (Lipinski definition) is 5. The van der Waals surface area contributed by atoms with Gasteiger partial charge in [-0.25, -0.2) is 9.78 Å². The number of thioether (sulfide) groups is 1. The van der Waals surface area contributed by atoms with Crippen LogP contribution >= 0.6 is 11.8 Å². The van der Waals surface area contributed by atoms with Gasteiger partial charge in [-0.3, -0.25) is 4.79 Å². The molecule has 25 heavy (non-hydrogen) atoms. The second kappa shape index (κ2) is 8.71. The molecule has 0 unspecified atom stereocenters. The number of benzene rings is 1. The molecular formula is C18H23N3O3S. The number of carbonyl (C=O) groups is 2. The summed E-state index contributed by atoms with van der Waals surface area (Å²) in [6.07, 6.45) is 0. The lowest BCUT2D eigenvalue weighted by molar-refractivity contribution is -0.113. The fraction of sp³-hybridized carbons (Fsp3) is 0.389. The molecular weight excluding hydrogens is 338 g/mol. The number of imidazole rings is 1. The molecule has 1 aromatic carbocycles. The Kier molecular flexibility index (Phi) is 6.64. The molecule has 0 saturated carbocycles. The van der Waals surface area contributed by atoms with Crippen molar-refractivity contribution >= 4 is 29.3 Å². The van der Waals surface area contributed by atoms with Crippen molar-refractivity contribution in [3.63, 3.8) is 0 Å². The minimum Gasteiger partial charge on any atom is -0.462 e. The number of amides is 1. The molecule has 0 aliphatic carbocycles. The van der Waals surface area contributed by atoms with Crippen LogP contribution in [0.4, 0.5) is 5.69 Å². The number of ether oxygens (including phenoxy) is 1. The van der Waals surface area contributed by atoms with Gasteiger partial charge in [0, 0.05) is 11.4 Å². The number of aromatic nitrogens is 2. The highest BCUT2D eigenvalue weighted by atomic mass is 32.2. The average molecular weight is 361 g/mol. The van der Waals surface area contributed by atoms with Crippen LogP contribution in [0, 0.1) is 6.92 Å². The summed E-state index contributed by atoms with van der Waals surface area (Å²) in [5.41, 5.74) is 3.16. The number of nitrogens with zero attached hydrogens (tertiary/aromatic N) is 1. The van der Waals surface area contributed by atoms with Gasteiger partial charge in [0.15, 0.2) is 5.16 Å². The number of rotatable bonds is 7. The zero-order valence-electron chi connectivity index (χ0n) is 14.9. The molecule has 1 amide bonds. The summed E-state index contributed by atoms with van der Waals surface area (Å²) < 4.78 is 4.92. The van der Waals surface area contributed by atoms with E-state index in [0.717, 1.165) is 16.5 Å². The number of anilines is 1. The molecule has 2 rings (SSSR count). The Balaban J connectivity index is 1.88. The Hall–Kier alpha value is -2.28. The van der Waals surface area contributed by atoms with E-state index < -0.39 is 0 Å². The molecule has 0 aliphatic rings. The van der Waals surface area contributed by atoms with E-state index in [1.165, 1.54) is 11.8 Å². The molecule has 0 saturated heterocycles. The van der Waals surface area contributed by atoms with Crippen molar-refractivity contribution < 1.29 is 14.3 Å². The highest BCUT2D eigenvalue weighted by Gasteiger charge is 2.12. The van der Waals surface area contributed by atoms with Crippen LogP contribution in [0.3, 0.4) is 0 Å². The van der Waals surface area contributed by atoms with Crippen molar-refractivity contribution in [2.45, 2.75) is 38.8 Å². The third-order valence-corrected chi connectivity index (χ3v) is 4.34. The van der Waals surface area contributed by atoms with Gasteiger partial charge in [-0.2, -0.15) is 0 Å². The lowest BCUT2D eigenvalue weighted by Crippen LogP contribution is -2.14. The third-order valence-electron chi connectivity index (χ3n) is 3.47. The summed E-state index contributed by atoms with van der Waals surface area (Å²) in [6, 6.07) is 6.63. The van der Waals surface area contributed by atoms with Crippen molar-refractivity contribution in [2.24, 2.45) is 0 Å². The predicted molar refractivity (Wildman–Crippen MR) is 99.2 cm³/mol. The van der Waals surface area contributed by atoms with E-state index in [-0.39, 0.29) is 17.6 Å². The standard InChI is InChI=1S/C18H23N3O3S/c1-5-24-17(23)13-6-8-14(9-7-13)20-15(22)10-25-18-19-12(4)16(21-18)11(2)3/h6-9,11H,5,10H2,1-4H3,(H,19,21)(H,20,22). The number of esters is 1. The van der Waals surface area contributed by atoms with Crippen LogP contribution in [-0.2, 0) is 9.53 Å². The molecule has 2 aromatic rings. The minimum atomic E-state index is -0.370. The average Bonchev–Trinajstić information content (AvgIpc) is 2.95. The topological polar surface area (TPSA) is 84.1 Å². The summed E-state index contributed by atoms with van der Waals surface area (Å²) in [5.74, 6) is 0.0980. The van der Waals surface area contributed by atoms with Gasteiger partial charge < -0.3 is 15.0 Å². The first-order valence-corrected chi connectivity index (χ1v) is 9.15. The number of H-pyrrole nitrogens is 1. The largest absolute Gasteiger partial charge is 0.462 e. The Morgan fingerprint density at radius 1 is 1.28 bits per heavy atom. The SMILES string of the molecule is CCOC(=O)c1ccc(NC(=O)CSc2nc(C(C)C)c(C)[nH]2)cc1. The molecule has 1 aromatic heterocycles. The molecule has 0 spiro atoms. The van der Waals surface area contributed by atoms with E-state index in [0.29, 0.717) is 23.8 Å². The second-order valence-corrected chi connectivity index (χ2v) is 6.81. The van der Waals surface area contributed by atoms with Gasteiger partial charge in [0.1, 0.15) is 0 Å². The molecule has 0 aliphatic heterocycles. The highest BCUT2D eigenvalue weighted by Crippen LogP contribution is 2.22. The number of nitrogens with one attached hydrogen (secondary N) is 2. The van der Waals surface area contributed by atoms with Gasteiger partial charge in [0.2, 0.25) is 5.91 Å². The maximum atomic E-state index is 12.1. The summed E-state index contributed by atoms with van der Waals surface area (Å²) in [6.45, 7) is 8.25. The predicted octanol–water partition coefficient (Wildman–Crippen LogP) is 3.75. The maximum Gasteiger partial charge on any atom is 0.338 e. The zero-order chi connectivity index (χ0) is 18.4. The zero-order valence-corrected chi connectivity index (χ0v) is 15.7. The van der Waals surface area contributed by atoms with E-state index in [2.05, 4.69) is 29.1 Å². The number of carbonyl (C=O) groups excluding carboxylic acids is 2. The van der Waals surface area contributed by atoms with Crippen molar-refractivity contribution in [1.29, 1.82) is 0 Å². The third kappa shape index (κ3) is 5.35. The molecule has 1 heterocycles. The van der Waals surface area contributed by atoms with Crippen molar-refractivity contribution in [3.05, 3.63) is 41.2 Å². The Morgan fingerprint density at radius 2 is 1.96 bits per heavy atom. The van der Waals surface area contributed by atoms with E-state index in [1.807, 2.05) is 6.92 Å². The van der Waals surface area contributed by atoms with Crippen molar-refractivity contribution in [2.75, 3.05) is 17.7 Å². The molecule has 2 N–H and O–H groups in total. The smallest absolute Gasteiger partial charge is 0.338 e. The van der Waals surface area contributed by atoms with Gasteiger partial charge in [-0.15, -0.1) is 0 Å². The Labute approximate surface area is 151 Å². The lowest BCUT2D eigenvalue weighted by atomic mass is 10.1. The molecule has 6 nitrogen and oxygen atoms in total. The summed E-state index contributed by atoms with van der Waals surface area (Å²) in [4.78, 5) is 31.4. The monoisotopic (exact) mass is 361 g/mol. The van der Waals surface area contributed by atoms with Gasteiger partial charge in [-0.1, -0.05) is 25.6 Å². The molecule has 0 fully saturated rings. The maximum absolute atomic E-state index is 12.1. The van der Waals surface area contributed by atoms with Gasteiger partial charge in [0.25, 0.3) is 0 Å². The Bertz CT molecular complexity index is 739. The van der Waals surface area contributed by atoms with Crippen LogP contribution in [-0.4, -0.2) is 34.2 Å². The van der Waals surface area contributed by atoms with E-state index in [9.17, 15) is 9.59 Å². The summed E-state index contributed by atoms with van der Waals surface area (Å²) >= 11 is 1.36. The molecule has 7 heteroatoms. The first kappa shape index (κ1) is 19.1. The highest BCUT2D eigenvalue weighted by molar-refractivity contribution is 7.99. The number of aryl methyl sites for hydroxylation is 1. The first-order valence-electron chi connectivity index (χ1n) is 8.17. The molecule has 0 radical (unpaired) electrons. The minimum absolute atomic E-state index is 0.131. The van der Waals surface area contributed by atoms with Crippen LogP contribution < -0.4 is 5.32 Å². The molecule has 134 valence electrons. The quantitative estimate of drug-likeness (QED) is 0.579. The fourth-order valence-electron chi connectivity index (χ4n) is 2.31. The van der Waals surface area contributed by atoms with E-state index in [1.54, 1.807) is 31.2 Å². The summed E-state index contributed by atoms with van der Waals surface area (Å²) in [7, 11) is 0. The fourth-order valence-corrected chi connectivity index (χ4v) is 3.04. The lowest BCUT2D eigenvalue weighted by Gasteiger charge is -2.06. The van der Waals surface area contributed by atoms with E-state index >= 15 is 0 Å². The van der Waals surface area contributed by atoms with Crippen LogP contribution in [0.5, 0.6) is 0 Å². The van der Waals surface area contributed by atoms with Gasteiger partial charge in [-0.05, 0) is 44.0 Å². The second-order valence-electron chi connectivity index (χ2n) is 5.84. The first-order chi connectivity index (χ1) is 11.9.